The van der Waals surface area contributed by atoms with Gasteiger partial charge in [0.1, 0.15) is 0 Å². The van der Waals surface area contributed by atoms with E-state index < -0.39 is 6.98 Å². The first-order valence-electron chi connectivity index (χ1n) is 8.90. The third-order valence-electron chi connectivity index (χ3n) is 4.50. The van der Waals surface area contributed by atoms with Gasteiger partial charge >= 0.3 is 0 Å². The number of rotatable bonds is 2. The molecule has 2 aromatic rings. The van der Waals surface area contributed by atoms with E-state index in [-0.39, 0.29) is 17.9 Å². The minimum atomic E-state index is -2.33. The monoisotopic (exact) mass is 300 g/mol. The summed E-state index contributed by atoms with van der Waals surface area (Å²) in [5.41, 5.74) is 3.02. The SMILES string of the molecule is [2H]C([2H])([2H])n1cc2c(n1)-c1ccnc(NC(=O)C3CC3)c1N(C)C2C. The van der Waals surface area contributed by atoms with Crippen LogP contribution in [0.25, 0.3) is 11.3 Å². The number of fused-ring (bicyclic) bond motifs is 3. The number of aromatic nitrogens is 3. The van der Waals surface area contributed by atoms with Gasteiger partial charge in [-0.1, -0.05) is 0 Å². The van der Waals surface area contributed by atoms with Crippen LogP contribution in [0.15, 0.2) is 18.5 Å². The molecule has 1 aliphatic heterocycles. The molecule has 4 rings (SSSR count). The van der Waals surface area contributed by atoms with E-state index in [0.29, 0.717) is 11.5 Å². The van der Waals surface area contributed by atoms with Crippen molar-refractivity contribution < 1.29 is 8.91 Å². The summed E-state index contributed by atoms with van der Waals surface area (Å²) in [6.07, 6.45) is 5.03. The van der Waals surface area contributed by atoms with Crippen molar-refractivity contribution in [3.63, 3.8) is 0 Å². The third kappa shape index (κ3) is 1.90. The number of hydrogen-bond donors (Lipinski definition) is 1. The number of amides is 1. The Morgan fingerprint density at radius 2 is 2.32 bits per heavy atom. The topological polar surface area (TPSA) is 63.1 Å². The van der Waals surface area contributed by atoms with Crippen LogP contribution in [0, 0.1) is 5.92 Å². The van der Waals surface area contributed by atoms with Crippen molar-refractivity contribution in [1.82, 2.24) is 14.8 Å². The smallest absolute Gasteiger partial charge is 0.228 e. The van der Waals surface area contributed by atoms with Crippen molar-refractivity contribution in [2.24, 2.45) is 12.9 Å². The molecule has 1 amide bonds. The Kier molecular flexibility index (Phi) is 2.15. The molecule has 1 fully saturated rings. The maximum atomic E-state index is 12.2. The van der Waals surface area contributed by atoms with Gasteiger partial charge in [0.2, 0.25) is 5.91 Å². The summed E-state index contributed by atoms with van der Waals surface area (Å²) in [4.78, 5) is 18.5. The fourth-order valence-electron chi connectivity index (χ4n) is 2.96. The molecule has 0 aromatic carbocycles. The van der Waals surface area contributed by atoms with E-state index >= 15 is 0 Å². The summed E-state index contributed by atoms with van der Waals surface area (Å²) in [7, 11) is 1.91. The van der Waals surface area contributed by atoms with Crippen molar-refractivity contribution in [2.45, 2.75) is 25.8 Å². The number of anilines is 2. The molecular formula is C16H19N5O. The van der Waals surface area contributed by atoms with E-state index in [4.69, 9.17) is 4.11 Å². The maximum absolute atomic E-state index is 12.2. The van der Waals surface area contributed by atoms with Crippen LogP contribution >= 0.6 is 0 Å². The molecule has 0 saturated heterocycles. The van der Waals surface area contributed by atoms with Crippen LogP contribution in [-0.4, -0.2) is 27.7 Å². The largest absolute Gasteiger partial charge is 0.364 e. The van der Waals surface area contributed by atoms with Gasteiger partial charge in [-0.2, -0.15) is 5.10 Å². The molecule has 1 N–H and O–H groups in total. The van der Waals surface area contributed by atoms with Gasteiger partial charge in [0, 0.05) is 47.6 Å². The molecule has 114 valence electrons. The Hall–Kier alpha value is -2.37. The Bertz CT molecular complexity index is 856. The van der Waals surface area contributed by atoms with Crippen LogP contribution in [0.2, 0.25) is 0 Å². The van der Waals surface area contributed by atoms with Crippen LogP contribution in [-0.2, 0) is 11.8 Å². The van der Waals surface area contributed by atoms with Gasteiger partial charge in [-0.3, -0.25) is 9.48 Å². The maximum Gasteiger partial charge on any atom is 0.228 e. The summed E-state index contributed by atoms with van der Waals surface area (Å²) in [6, 6.07) is 1.72. The van der Waals surface area contributed by atoms with Gasteiger partial charge in [-0.25, -0.2) is 4.98 Å². The Morgan fingerprint density at radius 1 is 1.50 bits per heavy atom. The normalized spacial score (nSPS) is 22.2. The fraction of sp³-hybridized carbons (Fsp3) is 0.438. The molecule has 22 heavy (non-hydrogen) atoms. The second-order valence-electron chi connectivity index (χ2n) is 5.98. The van der Waals surface area contributed by atoms with Crippen molar-refractivity contribution in [2.75, 3.05) is 17.3 Å². The van der Waals surface area contributed by atoms with Gasteiger partial charge < -0.3 is 10.2 Å². The van der Waals surface area contributed by atoms with E-state index in [1.807, 2.05) is 18.9 Å². The van der Waals surface area contributed by atoms with Crippen LogP contribution in [0.4, 0.5) is 11.5 Å². The number of nitrogens with zero attached hydrogens (tertiary/aromatic N) is 4. The average Bonchev–Trinajstić information content (AvgIpc) is 3.29. The summed E-state index contributed by atoms with van der Waals surface area (Å²) in [6.45, 7) is -0.349. The standard InChI is InChI=1S/C16H19N5O/c1-9-12-8-20(2)19-13(12)11-6-7-17-15(14(11)21(9)3)18-16(22)10-4-5-10/h6-10H,4-5H2,1-3H3,(H,17,18,22)/i2D3. The summed E-state index contributed by atoms with van der Waals surface area (Å²) in [5.74, 6) is 0.563. The first-order chi connectivity index (χ1) is 11.8. The lowest BCUT2D eigenvalue weighted by atomic mass is 9.96. The molecule has 6 nitrogen and oxygen atoms in total. The molecule has 0 radical (unpaired) electrons. The Balaban J connectivity index is 1.83. The first kappa shape index (κ1) is 10.4. The molecule has 1 unspecified atom stereocenters. The lowest BCUT2D eigenvalue weighted by Crippen LogP contribution is -2.28. The lowest BCUT2D eigenvalue weighted by molar-refractivity contribution is -0.117. The quantitative estimate of drug-likeness (QED) is 0.924. The van der Waals surface area contributed by atoms with Gasteiger partial charge in [0.15, 0.2) is 5.82 Å². The van der Waals surface area contributed by atoms with Gasteiger partial charge in [-0.15, -0.1) is 0 Å². The molecule has 3 heterocycles. The number of aryl methyl sites for hydroxylation is 1. The lowest BCUT2D eigenvalue weighted by Gasteiger charge is -2.34. The van der Waals surface area contributed by atoms with Crippen molar-refractivity contribution in [3.8, 4) is 11.3 Å². The van der Waals surface area contributed by atoms with E-state index in [2.05, 4.69) is 15.4 Å². The fourth-order valence-corrected chi connectivity index (χ4v) is 2.96. The van der Waals surface area contributed by atoms with Crippen LogP contribution in [0.3, 0.4) is 0 Å². The molecule has 1 atom stereocenters. The molecule has 0 spiro atoms. The van der Waals surface area contributed by atoms with Gasteiger partial charge in [0.05, 0.1) is 17.4 Å². The van der Waals surface area contributed by atoms with E-state index in [0.717, 1.165) is 34.3 Å². The predicted octanol–water partition coefficient (Wildman–Crippen LogP) is 2.34. The summed E-state index contributed by atoms with van der Waals surface area (Å²) in [5, 5.41) is 7.22. The van der Waals surface area contributed by atoms with Crippen molar-refractivity contribution >= 4 is 17.4 Å². The zero-order chi connectivity index (χ0) is 17.9. The average molecular weight is 300 g/mol. The molecule has 1 aliphatic carbocycles. The van der Waals surface area contributed by atoms with Gasteiger partial charge in [-0.05, 0) is 25.8 Å². The van der Waals surface area contributed by atoms with E-state index in [9.17, 15) is 4.79 Å². The van der Waals surface area contributed by atoms with Crippen LogP contribution < -0.4 is 10.2 Å². The third-order valence-corrected chi connectivity index (χ3v) is 4.50. The number of carbonyl (C=O) groups is 1. The molecule has 0 bridgehead atoms. The molecule has 1 saturated carbocycles. The second-order valence-corrected chi connectivity index (χ2v) is 5.98. The number of carbonyl (C=O) groups excluding carboxylic acids is 1. The number of pyridine rings is 1. The summed E-state index contributed by atoms with van der Waals surface area (Å²) < 4.78 is 23.8. The highest BCUT2D eigenvalue weighted by Gasteiger charge is 2.34. The van der Waals surface area contributed by atoms with Crippen molar-refractivity contribution in [3.05, 3.63) is 24.0 Å². The molecular weight excluding hydrogens is 278 g/mol. The summed E-state index contributed by atoms with van der Waals surface area (Å²) >= 11 is 0. The number of hydrogen-bond acceptors (Lipinski definition) is 4. The number of nitrogens with one attached hydrogen (secondary N) is 1. The van der Waals surface area contributed by atoms with Crippen LogP contribution in [0.5, 0.6) is 0 Å². The second kappa shape index (κ2) is 4.56. The predicted molar refractivity (Wildman–Crippen MR) is 84.6 cm³/mol. The molecule has 2 aliphatic rings. The minimum Gasteiger partial charge on any atom is -0.364 e. The first-order valence-corrected chi connectivity index (χ1v) is 7.40. The minimum absolute atomic E-state index is 0.0132. The zero-order valence-electron chi connectivity index (χ0n) is 15.5. The Labute approximate surface area is 133 Å². The highest BCUT2D eigenvalue weighted by molar-refractivity contribution is 5.99. The van der Waals surface area contributed by atoms with Crippen molar-refractivity contribution in [1.29, 1.82) is 0 Å². The molecule has 2 aromatic heterocycles. The van der Waals surface area contributed by atoms with Crippen LogP contribution in [0.1, 0.15) is 35.5 Å². The zero-order valence-corrected chi connectivity index (χ0v) is 12.5. The van der Waals surface area contributed by atoms with E-state index in [1.165, 1.54) is 0 Å². The van der Waals surface area contributed by atoms with Gasteiger partial charge in [0.25, 0.3) is 0 Å². The Morgan fingerprint density at radius 3 is 3.05 bits per heavy atom. The highest BCUT2D eigenvalue weighted by Crippen LogP contribution is 2.46. The molecule has 6 heteroatoms. The highest BCUT2D eigenvalue weighted by atomic mass is 16.2. The van der Waals surface area contributed by atoms with E-state index in [1.54, 1.807) is 18.5 Å².